The number of nitrogens with zero attached hydrogens (tertiary/aromatic N) is 1. The third-order valence-electron chi connectivity index (χ3n) is 4.92. The predicted molar refractivity (Wildman–Crippen MR) is 144 cm³/mol. The molecule has 7 nitrogen and oxygen atoms in total. The smallest absolute Gasteiger partial charge is 0.389 e. The minimum atomic E-state index is -1.81. The minimum Gasteiger partial charge on any atom is -0.645 e. The summed E-state index contributed by atoms with van der Waals surface area (Å²) in [5.74, 6) is 3.46. The molecule has 0 atom stereocenters. The van der Waals surface area contributed by atoms with Crippen LogP contribution >= 0.6 is 17.5 Å². The molecule has 0 spiro atoms. The molecule has 0 heterocycles. The molecule has 0 aliphatic heterocycles. The Morgan fingerprint density at radius 2 is 0.889 bits per heavy atom. The number of hydrogen-bond acceptors (Lipinski definition) is 7. The van der Waals surface area contributed by atoms with Gasteiger partial charge >= 0.3 is 8.53 Å². The Morgan fingerprint density at radius 3 is 1.36 bits per heavy atom. The Hall–Kier alpha value is -3.66. The minimum absolute atomic E-state index is 0.444. The first-order valence-electron chi connectivity index (χ1n) is 11.0. The largest absolute Gasteiger partial charge is 0.645 e. The Morgan fingerprint density at radius 1 is 0.500 bits per heavy atom. The van der Waals surface area contributed by atoms with Gasteiger partial charge in [-0.15, -0.1) is 0 Å². The molecule has 0 saturated carbocycles. The van der Waals surface area contributed by atoms with Crippen LogP contribution in [0.4, 0.5) is 5.69 Å². The van der Waals surface area contributed by atoms with Crippen molar-refractivity contribution in [1.29, 1.82) is 0 Å². The summed E-state index contributed by atoms with van der Waals surface area (Å²) in [6, 6.07) is 32.1. The molecule has 0 aliphatic carbocycles. The third-order valence-corrected chi connectivity index (χ3v) is 7.49. The zero-order chi connectivity index (χ0) is 25.2. The van der Waals surface area contributed by atoms with E-state index in [9.17, 15) is 0 Å². The molecule has 0 bridgehead atoms. The summed E-state index contributed by atoms with van der Waals surface area (Å²) >= 11 is 0. The first-order chi connectivity index (χ1) is 17.7. The van der Waals surface area contributed by atoms with Gasteiger partial charge in [0.1, 0.15) is 5.75 Å². The fourth-order valence-electron chi connectivity index (χ4n) is 3.16. The SMILES string of the molecule is COc1ccccc1O[P-]N(c1ccccc1)P(Oc1ccccc1OC)Oc1ccccc1OC. The Kier molecular flexibility index (Phi) is 9.09. The van der Waals surface area contributed by atoms with Crippen LogP contribution in [-0.2, 0) is 0 Å². The van der Waals surface area contributed by atoms with Gasteiger partial charge < -0.3 is 32.2 Å². The number of methoxy groups -OCH3 is 3. The van der Waals surface area contributed by atoms with E-state index < -0.39 is 8.53 Å². The van der Waals surface area contributed by atoms with Crippen LogP contribution in [-0.4, -0.2) is 21.3 Å². The summed E-state index contributed by atoms with van der Waals surface area (Å²) in [5.41, 5.74) is 0.838. The fourth-order valence-corrected chi connectivity index (χ4v) is 5.43. The van der Waals surface area contributed by atoms with E-state index in [2.05, 4.69) is 0 Å². The first kappa shape index (κ1) is 25.4. The summed E-state index contributed by atoms with van der Waals surface area (Å²) in [4.78, 5) is 0. The van der Waals surface area contributed by atoms with Crippen LogP contribution in [0.15, 0.2) is 103 Å². The second-order valence-electron chi connectivity index (χ2n) is 7.17. The van der Waals surface area contributed by atoms with Gasteiger partial charge in [-0.25, -0.2) is 0 Å². The van der Waals surface area contributed by atoms with Crippen molar-refractivity contribution < 1.29 is 27.8 Å². The first-order valence-corrected chi connectivity index (χ1v) is 12.9. The lowest BCUT2D eigenvalue weighted by atomic mass is 10.3. The third kappa shape index (κ3) is 6.31. The van der Waals surface area contributed by atoms with Crippen LogP contribution in [0.2, 0.25) is 0 Å². The normalized spacial score (nSPS) is 10.8. The summed E-state index contributed by atoms with van der Waals surface area (Å²) in [5, 5.41) is 0. The van der Waals surface area contributed by atoms with Gasteiger partial charge in [-0.3, -0.25) is 0 Å². The maximum Gasteiger partial charge on any atom is 0.389 e. The van der Waals surface area contributed by atoms with Gasteiger partial charge in [0.2, 0.25) is 0 Å². The second kappa shape index (κ2) is 12.9. The molecule has 0 amide bonds. The van der Waals surface area contributed by atoms with E-state index in [1.807, 2.05) is 108 Å². The molecule has 0 unspecified atom stereocenters. The average molecular weight is 522 g/mol. The summed E-state index contributed by atoms with van der Waals surface area (Å²) in [6.07, 6.45) is 0. The lowest BCUT2D eigenvalue weighted by Crippen LogP contribution is -2.15. The van der Waals surface area contributed by atoms with Crippen LogP contribution in [0.1, 0.15) is 0 Å². The Labute approximate surface area is 214 Å². The van der Waals surface area contributed by atoms with Crippen LogP contribution in [0.5, 0.6) is 34.5 Å². The van der Waals surface area contributed by atoms with Gasteiger partial charge in [0, 0.05) is 5.69 Å². The highest BCUT2D eigenvalue weighted by atomic mass is 31.2. The van der Waals surface area contributed by atoms with Crippen molar-refractivity contribution in [2.75, 3.05) is 25.8 Å². The van der Waals surface area contributed by atoms with Crippen molar-refractivity contribution in [1.82, 2.24) is 0 Å². The molecular weight excluding hydrogens is 496 g/mol. The molecule has 186 valence electrons. The monoisotopic (exact) mass is 522 g/mol. The number of para-hydroxylation sites is 7. The van der Waals surface area contributed by atoms with Gasteiger partial charge in [0.05, 0.1) is 21.3 Å². The topological polar surface area (TPSA) is 58.6 Å². The quantitative estimate of drug-likeness (QED) is 0.176. The van der Waals surface area contributed by atoms with Gasteiger partial charge in [-0.1, -0.05) is 54.6 Å². The molecule has 0 saturated heterocycles. The molecule has 4 aromatic rings. The highest BCUT2D eigenvalue weighted by Gasteiger charge is 2.24. The zero-order valence-corrected chi connectivity index (χ0v) is 21.9. The highest BCUT2D eigenvalue weighted by Crippen LogP contribution is 2.55. The van der Waals surface area contributed by atoms with E-state index in [0.29, 0.717) is 43.5 Å². The standard InChI is InChI=1S/C27H26NO6P2/c1-29-22-15-7-10-18-25(22)32-35-28(21-13-5-4-6-14-21)36(33-26-19-11-8-16-23(26)30-2)34-27-20-12-9-17-24(27)31-3/h4-20H,1-3H3/q-1. The average Bonchev–Trinajstić information content (AvgIpc) is 2.94. The van der Waals surface area contributed by atoms with E-state index in [1.165, 1.54) is 0 Å². The molecule has 0 fully saturated rings. The summed E-state index contributed by atoms with van der Waals surface area (Å²) in [6.45, 7) is 0. The van der Waals surface area contributed by atoms with Gasteiger partial charge in [-0.2, -0.15) is 8.96 Å². The number of benzene rings is 4. The number of ether oxygens (including phenoxy) is 3. The van der Waals surface area contributed by atoms with E-state index in [4.69, 9.17) is 27.8 Å². The van der Waals surface area contributed by atoms with Crippen molar-refractivity contribution in [3.63, 3.8) is 0 Å². The summed E-state index contributed by atoms with van der Waals surface area (Å²) in [7, 11) is 3.44. The van der Waals surface area contributed by atoms with Gasteiger partial charge in [0.15, 0.2) is 28.7 Å². The molecule has 4 rings (SSSR count). The lowest BCUT2D eigenvalue weighted by molar-refractivity contribution is 0.379. The Balaban J connectivity index is 1.73. The molecule has 4 aromatic carbocycles. The molecule has 0 aromatic heterocycles. The fraction of sp³-hybridized carbons (Fsp3) is 0.111. The van der Waals surface area contributed by atoms with E-state index in [0.717, 1.165) is 5.69 Å². The Bertz CT molecular complexity index is 1190. The van der Waals surface area contributed by atoms with Crippen LogP contribution in [0.25, 0.3) is 0 Å². The van der Waals surface area contributed by atoms with Crippen LogP contribution < -0.4 is 32.2 Å². The highest BCUT2D eigenvalue weighted by molar-refractivity contribution is 7.63. The molecule has 0 N–H and O–H groups in total. The molecule has 0 radical (unpaired) electrons. The predicted octanol–water partition coefficient (Wildman–Crippen LogP) is 7.76. The van der Waals surface area contributed by atoms with E-state index in [1.54, 1.807) is 21.3 Å². The molecular formula is C27H26NO6P2-. The van der Waals surface area contributed by atoms with Crippen molar-refractivity contribution in [2.45, 2.75) is 0 Å². The maximum atomic E-state index is 6.47. The summed E-state index contributed by atoms with van der Waals surface area (Å²) < 4.78 is 37.5. The second-order valence-corrected chi connectivity index (χ2v) is 9.47. The number of hydrogen-bond donors (Lipinski definition) is 0. The van der Waals surface area contributed by atoms with E-state index in [-0.39, 0.29) is 0 Å². The van der Waals surface area contributed by atoms with Crippen LogP contribution in [0, 0.1) is 0 Å². The van der Waals surface area contributed by atoms with Gasteiger partial charge in [0.25, 0.3) is 0 Å². The molecule has 9 heteroatoms. The van der Waals surface area contributed by atoms with Crippen molar-refractivity contribution in [2.24, 2.45) is 0 Å². The lowest BCUT2D eigenvalue weighted by Gasteiger charge is -2.41. The van der Waals surface area contributed by atoms with Crippen molar-refractivity contribution >= 4 is 23.2 Å². The maximum absolute atomic E-state index is 6.47. The molecule has 0 aliphatic rings. The number of rotatable bonds is 12. The van der Waals surface area contributed by atoms with Crippen molar-refractivity contribution in [3.05, 3.63) is 103 Å². The van der Waals surface area contributed by atoms with Gasteiger partial charge in [-0.05, 0) is 48.5 Å². The van der Waals surface area contributed by atoms with E-state index >= 15 is 0 Å². The van der Waals surface area contributed by atoms with Crippen molar-refractivity contribution in [3.8, 4) is 34.5 Å². The van der Waals surface area contributed by atoms with Crippen LogP contribution in [0.3, 0.4) is 0 Å². The number of anilines is 1. The molecule has 36 heavy (non-hydrogen) atoms. The zero-order valence-electron chi connectivity index (χ0n) is 20.1.